The maximum atomic E-state index is 11.8. The molecule has 3 rings (SSSR count). The molecule has 3 aromatic heterocycles. The summed E-state index contributed by atoms with van der Waals surface area (Å²) in [5.74, 6) is 0.496. The number of nitrogens with zero attached hydrogens (tertiary/aromatic N) is 3. The normalized spacial score (nSPS) is 10.9. The molecule has 7 heteroatoms. The quantitative estimate of drug-likeness (QED) is 0.418. The predicted molar refractivity (Wildman–Crippen MR) is 74.3 cm³/mol. The summed E-state index contributed by atoms with van der Waals surface area (Å²) in [6, 6.07) is 6.74. The molecule has 0 fully saturated rings. The van der Waals surface area contributed by atoms with Gasteiger partial charge in [0, 0.05) is 35.5 Å². The fourth-order valence-electron chi connectivity index (χ4n) is 1.63. The molecule has 0 atom stereocenters. The Labute approximate surface area is 116 Å². The zero-order valence-electron chi connectivity index (χ0n) is 9.72. The van der Waals surface area contributed by atoms with E-state index in [1.165, 1.54) is 39.8 Å². The Morgan fingerprint density at radius 2 is 2.37 bits per heavy atom. The van der Waals surface area contributed by atoms with E-state index in [2.05, 4.69) is 4.98 Å². The number of hydrogen-bond acceptors (Lipinski definition) is 5. The molecule has 0 saturated carbocycles. The van der Waals surface area contributed by atoms with Gasteiger partial charge in [0.15, 0.2) is 11.2 Å². The summed E-state index contributed by atoms with van der Waals surface area (Å²) >= 11 is 2.78. The van der Waals surface area contributed by atoms with E-state index in [0.29, 0.717) is 21.4 Å². The van der Waals surface area contributed by atoms with Crippen LogP contribution in [0.15, 0.2) is 51.9 Å². The number of pyridine rings is 1. The fraction of sp³-hybridized carbons (Fsp3) is 0.0833. The van der Waals surface area contributed by atoms with Crippen LogP contribution in [0.1, 0.15) is 5.69 Å². The van der Waals surface area contributed by atoms with Crippen molar-refractivity contribution in [3.8, 4) is 0 Å². The molecule has 3 heterocycles. The van der Waals surface area contributed by atoms with Crippen LogP contribution >= 0.6 is 23.1 Å². The van der Waals surface area contributed by atoms with Crippen molar-refractivity contribution >= 4 is 28.1 Å². The molecule has 19 heavy (non-hydrogen) atoms. The second kappa shape index (κ2) is 5.02. The van der Waals surface area contributed by atoms with Crippen LogP contribution in [0.5, 0.6) is 0 Å². The van der Waals surface area contributed by atoms with E-state index in [4.69, 9.17) is 0 Å². The lowest BCUT2D eigenvalue weighted by Crippen LogP contribution is -2.27. The van der Waals surface area contributed by atoms with E-state index in [9.17, 15) is 10.0 Å². The minimum Gasteiger partial charge on any atom is -0.618 e. The molecule has 0 amide bonds. The number of fused-ring (bicyclic) bond motifs is 1. The van der Waals surface area contributed by atoms with Crippen molar-refractivity contribution in [3.05, 3.63) is 63.3 Å². The number of thioether (sulfide) groups is 1. The topological polar surface area (TPSA) is 61.3 Å². The van der Waals surface area contributed by atoms with E-state index < -0.39 is 0 Å². The van der Waals surface area contributed by atoms with Crippen LogP contribution in [-0.4, -0.2) is 9.38 Å². The Bertz CT molecular complexity index is 782. The average Bonchev–Trinajstić information content (AvgIpc) is 2.87. The summed E-state index contributed by atoms with van der Waals surface area (Å²) in [5, 5.41) is 13.9. The van der Waals surface area contributed by atoms with Gasteiger partial charge >= 0.3 is 0 Å². The van der Waals surface area contributed by atoms with Crippen LogP contribution < -0.4 is 10.3 Å². The minimum atomic E-state index is -0.0927. The molecule has 3 aromatic rings. The van der Waals surface area contributed by atoms with Gasteiger partial charge in [-0.3, -0.25) is 9.20 Å². The van der Waals surface area contributed by atoms with Crippen molar-refractivity contribution in [1.82, 2.24) is 9.38 Å². The van der Waals surface area contributed by atoms with Crippen LogP contribution in [0.25, 0.3) is 4.96 Å². The second-order valence-corrected chi connectivity index (χ2v) is 5.66. The summed E-state index contributed by atoms with van der Waals surface area (Å²) in [7, 11) is 0. The lowest BCUT2D eigenvalue weighted by Gasteiger charge is -2.03. The highest BCUT2D eigenvalue weighted by molar-refractivity contribution is 7.98. The molecule has 5 nitrogen and oxygen atoms in total. The van der Waals surface area contributed by atoms with Crippen LogP contribution in [0, 0.1) is 5.21 Å². The third kappa shape index (κ3) is 2.47. The molecule has 0 N–H and O–H groups in total. The molecule has 0 unspecified atom stereocenters. The first kappa shape index (κ1) is 12.2. The standard InChI is InChI=1S/C12H9N3O2S2/c16-10-7-9(13-12-14(10)5-6-18-12)8-19-11-3-1-2-4-15(11)17/h1-7H,8H2. The molecule has 0 saturated heterocycles. The maximum Gasteiger partial charge on any atom is 0.258 e. The van der Waals surface area contributed by atoms with Gasteiger partial charge in [-0.1, -0.05) is 0 Å². The van der Waals surface area contributed by atoms with Crippen molar-refractivity contribution in [2.75, 3.05) is 0 Å². The number of aromatic nitrogens is 3. The average molecular weight is 291 g/mol. The van der Waals surface area contributed by atoms with Gasteiger partial charge in [0.2, 0.25) is 0 Å². The summed E-state index contributed by atoms with van der Waals surface area (Å²) in [6.45, 7) is 0. The summed E-state index contributed by atoms with van der Waals surface area (Å²) in [4.78, 5) is 16.9. The Morgan fingerprint density at radius 3 is 3.21 bits per heavy atom. The third-order valence-corrected chi connectivity index (χ3v) is 4.32. The van der Waals surface area contributed by atoms with Crippen molar-refractivity contribution in [2.24, 2.45) is 0 Å². The maximum absolute atomic E-state index is 11.8. The molecule has 0 aromatic carbocycles. The highest BCUT2D eigenvalue weighted by Crippen LogP contribution is 2.18. The van der Waals surface area contributed by atoms with Gasteiger partial charge in [-0.2, -0.15) is 4.73 Å². The van der Waals surface area contributed by atoms with Crippen molar-refractivity contribution in [3.63, 3.8) is 0 Å². The summed E-state index contributed by atoms with van der Waals surface area (Å²) in [5.41, 5.74) is 0.589. The number of rotatable bonds is 3. The highest BCUT2D eigenvalue weighted by atomic mass is 32.2. The molecule has 0 spiro atoms. The Balaban J connectivity index is 1.86. The largest absolute Gasteiger partial charge is 0.618 e. The van der Waals surface area contributed by atoms with E-state index in [-0.39, 0.29) is 5.56 Å². The first-order chi connectivity index (χ1) is 9.24. The van der Waals surface area contributed by atoms with Crippen LogP contribution in [0.4, 0.5) is 0 Å². The van der Waals surface area contributed by atoms with Gasteiger partial charge in [0.05, 0.1) is 5.69 Å². The first-order valence-corrected chi connectivity index (χ1v) is 7.37. The van der Waals surface area contributed by atoms with Gasteiger partial charge in [-0.25, -0.2) is 4.98 Å². The van der Waals surface area contributed by atoms with Crippen molar-refractivity contribution in [1.29, 1.82) is 0 Å². The molecular formula is C12H9N3O2S2. The van der Waals surface area contributed by atoms with Gasteiger partial charge in [0.1, 0.15) is 0 Å². The molecule has 0 bridgehead atoms. The first-order valence-electron chi connectivity index (χ1n) is 5.51. The monoisotopic (exact) mass is 291 g/mol. The highest BCUT2D eigenvalue weighted by Gasteiger charge is 2.08. The predicted octanol–water partition coefficient (Wildman–Crippen LogP) is 1.68. The molecular weight excluding hydrogens is 282 g/mol. The van der Waals surface area contributed by atoms with Gasteiger partial charge in [-0.15, -0.1) is 11.3 Å². The molecule has 0 radical (unpaired) electrons. The number of hydrogen-bond donors (Lipinski definition) is 0. The lowest BCUT2D eigenvalue weighted by atomic mass is 10.4. The smallest absolute Gasteiger partial charge is 0.258 e. The zero-order chi connectivity index (χ0) is 13.2. The summed E-state index contributed by atoms with van der Waals surface area (Å²) in [6.07, 6.45) is 3.15. The van der Waals surface area contributed by atoms with Crippen LogP contribution in [0.3, 0.4) is 0 Å². The number of thiazole rings is 1. The van der Waals surface area contributed by atoms with Crippen molar-refractivity contribution in [2.45, 2.75) is 10.8 Å². The summed E-state index contributed by atoms with van der Waals surface area (Å²) < 4.78 is 2.32. The lowest BCUT2D eigenvalue weighted by molar-refractivity contribution is -0.645. The van der Waals surface area contributed by atoms with E-state index in [0.717, 1.165) is 4.73 Å². The van der Waals surface area contributed by atoms with Gasteiger partial charge < -0.3 is 5.21 Å². The second-order valence-electron chi connectivity index (χ2n) is 3.79. The Kier molecular flexibility index (Phi) is 3.22. The van der Waals surface area contributed by atoms with Crippen LogP contribution in [-0.2, 0) is 5.75 Å². The molecule has 96 valence electrons. The molecule has 0 aliphatic rings. The van der Waals surface area contributed by atoms with Gasteiger partial charge in [-0.05, 0) is 17.8 Å². The third-order valence-electron chi connectivity index (χ3n) is 2.51. The van der Waals surface area contributed by atoms with Crippen LogP contribution in [0.2, 0.25) is 0 Å². The minimum absolute atomic E-state index is 0.0927. The Hall–Kier alpha value is -1.86. The van der Waals surface area contributed by atoms with Crippen molar-refractivity contribution < 1.29 is 4.73 Å². The Morgan fingerprint density at radius 1 is 1.47 bits per heavy atom. The van der Waals surface area contributed by atoms with Gasteiger partial charge in [0.25, 0.3) is 10.6 Å². The molecule has 0 aliphatic heterocycles. The van der Waals surface area contributed by atoms with E-state index in [1.54, 1.807) is 18.3 Å². The van der Waals surface area contributed by atoms with E-state index in [1.807, 2.05) is 11.4 Å². The SMILES string of the molecule is O=c1cc(CSc2cccc[n+]2[O-])nc2sccn12. The fourth-order valence-corrected chi connectivity index (χ4v) is 3.18. The zero-order valence-corrected chi connectivity index (χ0v) is 11.4. The van der Waals surface area contributed by atoms with E-state index >= 15 is 0 Å². The molecule has 0 aliphatic carbocycles.